The third kappa shape index (κ3) is 2.86. The number of carbonyl (C=O) groups excluding carboxylic acids is 1. The number of carbonyl (C=O) groups is 1. The first kappa shape index (κ1) is 13.8. The van der Waals surface area contributed by atoms with Gasteiger partial charge in [-0.3, -0.25) is 0 Å². The summed E-state index contributed by atoms with van der Waals surface area (Å²) in [4.78, 5) is 20.3. The number of esters is 1. The van der Waals surface area contributed by atoms with Crippen LogP contribution in [0.1, 0.15) is 13.8 Å². The molecule has 0 aliphatic carbocycles. The van der Waals surface area contributed by atoms with Gasteiger partial charge in [0.05, 0.1) is 7.11 Å². The van der Waals surface area contributed by atoms with Crippen molar-refractivity contribution in [2.45, 2.75) is 19.9 Å². The van der Waals surface area contributed by atoms with E-state index in [0.29, 0.717) is 16.1 Å². The normalized spacial score (nSPS) is 12.7. The molecule has 2 heterocycles. The van der Waals surface area contributed by atoms with Gasteiger partial charge >= 0.3 is 5.97 Å². The Morgan fingerprint density at radius 2 is 2.26 bits per heavy atom. The molecule has 0 bridgehead atoms. The van der Waals surface area contributed by atoms with Crippen LogP contribution in [-0.4, -0.2) is 33.5 Å². The highest BCUT2D eigenvalue weighted by Crippen LogP contribution is 2.19. The van der Waals surface area contributed by atoms with Crippen LogP contribution in [0.15, 0.2) is 23.2 Å². The summed E-state index contributed by atoms with van der Waals surface area (Å²) in [5.41, 5.74) is 0.665. The summed E-state index contributed by atoms with van der Waals surface area (Å²) in [5, 5.41) is 3.10. The molecule has 0 spiro atoms. The van der Waals surface area contributed by atoms with Crippen LogP contribution in [0.2, 0.25) is 0 Å². The number of aromatic nitrogens is 3. The number of imidazole rings is 1. The average molecular weight is 327 g/mol. The van der Waals surface area contributed by atoms with E-state index < -0.39 is 6.04 Å². The van der Waals surface area contributed by atoms with Gasteiger partial charge in [-0.1, -0.05) is 13.8 Å². The van der Waals surface area contributed by atoms with E-state index in [2.05, 4.69) is 31.2 Å². The maximum absolute atomic E-state index is 11.8. The molecule has 102 valence electrons. The second-order valence-electron chi connectivity index (χ2n) is 4.46. The van der Waals surface area contributed by atoms with Crippen LogP contribution in [0.5, 0.6) is 0 Å². The van der Waals surface area contributed by atoms with Crippen LogP contribution in [0.25, 0.3) is 5.65 Å². The smallest absolute Gasteiger partial charge is 0.328 e. The van der Waals surface area contributed by atoms with E-state index in [0.717, 1.165) is 0 Å². The van der Waals surface area contributed by atoms with Crippen LogP contribution < -0.4 is 5.32 Å². The summed E-state index contributed by atoms with van der Waals surface area (Å²) in [6.07, 6.45) is 5.29. The molecule has 1 unspecified atom stereocenters. The van der Waals surface area contributed by atoms with Crippen molar-refractivity contribution in [1.82, 2.24) is 14.4 Å². The van der Waals surface area contributed by atoms with E-state index in [-0.39, 0.29) is 11.9 Å². The highest BCUT2D eigenvalue weighted by molar-refractivity contribution is 9.10. The Kier molecular flexibility index (Phi) is 4.04. The summed E-state index contributed by atoms with van der Waals surface area (Å²) >= 11 is 3.33. The highest BCUT2D eigenvalue weighted by Gasteiger charge is 2.24. The van der Waals surface area contributed by atoms with Crippen LogP contribution in [0, 0.1) is 5.92 Å². The Morgan fingerprint density at radius 1 is 1.53 bits per heavy atom. The van der Waals surface area contributed by atoms with Crippen molar-refractivity contribution in [3.05, 3.63) is 23.2 Å². The minimum atomic E-state index is -0.465. The van der Waals surface area contributed by atoms with E-state index in [1.54, 1.807) is 12.4 Å². The van der Waals surface area contributed by atoms with E-state index in [9.17, 15) is 4.79 Å². The predicted molar refractivity (Wildman–Crippen MR) is 75.0 cm³/mol. The zero-order valence-electron chi connectivity index (χ0n) is 10.9. The van der Waals surface area contributed by atoms with Gasteiger partial charge in [-0.05, 0) is 21.8 Å². The number of nitrogens with zero attached hydrogens (tertiary/aromatic N) is 3. The van der Waals surface area contributed by atoms with E-state index in [4.69, 9.17) is 4.74 Å². The number of nitrogens with one attached hydrogen (secondary N) is 1. The van der Waals surface area contributed by atoms with Gasteiger partial charge in [0.15, 0.2) is 11.5 Å². The highest BCUT2D eigenvalue weighted by atomic mass is 79.9. The Balaban J connectivity index is 2.38. The number of anilines is 1. The molecule has 0 aliphatic rings. The molecule has 0 aliphatic heterocycles. The molecular weight excluding hydrogens is 312 g/mol. The zero-order valence-corrected chi connectivity index (χ0v) is 12.5. The Hall–Kier alpha value is -1.63. The first-order valence-corrected chi connectivity index (χ1v) is 6.65. The quantitative estimate of drug-likeness (QED) is 0.871. The molecule has 0 saturated carbocycles. The number of fused-ring (bicyclic) bond motifs is 1. The fourth-order valence-electron chi connectivity index (χ4n) is 1.77. The van der Waals surface area contributed by atoms with E-state index in [1.165, 1.54) is 7.11 Å². The number of halogens is 1. The number of hydrogen-bond donors (Lipinski definition) is 1. The molecule has 2 rings (SSSR count). The Morgan fingerprint density at radius 3 is 2.89 bits per heavy atom. The van der Waals surface area contributed by atoms with Crippen molar-refractivity contribution in [2.75, 3.05) is 12.4 Å². The fourth-order valence-corrected chi connectivity index (χ4v) is 2.17. The standard InChI is InChI=1S/C12H15BrN4O2/c1-7(2)9(12(18)19-3)16-10-11-14-4-5-17(11)6-8(13)15-10/h4-7,9H,1-3H3,(H,15,16). The van der Waals surface area contributed by atoms with Gasteiger partial charge in [-0.25, -0.2) is 14.8 Å². The fraction of sp³-hybridized carbons (Fsp3) is 0.417. The van der Waals surface area contributed by atoms with Gasteiger partial charge in [0.2, 0.25) is 0 Å². The lowest BCUT2D eigenvalue weighted by Gasteiger charge is -2.20. The SMILES string of the molecule is COC(=O)C(Nc1nc(Br)cn2ccnc12)C(C)C. The van der Waals surface area contributed by atoms with Gasteiger partial charge in [0.1, 0.15) is 10.6 Å². The Bertz CT molecular complexity index is 596. The first-order chi connectivity index (χ1) is 9.02. The van der Waals surface area contributed by atoms with E-state index in [1.807, 2.05) is 24.4 Å². The predicted octanol–water partition coefficient (Wildman–Crippen LogP) is 2.10. The van der Waals surface area contributed by atoms with Crippen molar-refractivity contribution in [2.24, 2.45) is 5.92 Å². The lowest BCUT2D eigenvalue weighted by Crippen LogP contribution is -2.36. The van der Waals surface area contributed by atoms with Gasteiger partial charge in [0, 0.05) is 18.6 Å². The summed E-state index contributed by atoms with van der Waals surface area (Å²) in [6.45, 7) is 3.88. The van der Waals surface area contributed by atoms with Gasteiger partial charge in [-0.2, -0.15) is 0 Å². The van der Waals surface area contributed by atoms with Crippen LogP contribution >= 0.6 is 15.9 Å². The second kappa shape index (κ2) is 5.56. The lowest BCUT2D eigenvalue weighted by atomic mass is 10.0. The van der Waals surface area contributed by atoms with Gasteiger partial charge in [0.25, 0.3) is 0 Å². The molecule has 19 heavy (non-hydrogen) atoms. The van der Waals surface area contributed by atoms with Crippen molar-refractivity contribution in [3.63, 3.8) is 0 Å². The number of methoxy groups -OCH3 is 1. The van der Waals surface area contributed by atoms with Crippen LogP contribution in [0.4, 0.5) is 5.82 Å². The molecule has 0 saturated heterocycles. The molecule has 6 nitrogen and oxygen atoms in total. The third-order valence-electron chi connectivity index (χ3n) is 2.76. The monoisotopic (exact) mass is 326 g/mol. The average Bonchev–Trinajstić information content (AvgIpc) is 2.82. The van der Waals surface area contributed by atoms with Crippen LogP contribution in [-0.2, 0) is 9.53 Å². The summed E-state index contributed by atoms with van der Waals surface area (Å²) in [7, 11) is 1.37. The third-order valence-corrected chi connectivity index (χ3v) is 3.14. The number of ether oxygens (including phenoxy) is 1. The van der Waals surface area contributed by atoms with E-state index >= 15 is 0 Å². The molecule has 2 aromatic heterocycles. The molecule has 1 N–H and O–H groups in total. The molecular formula is C12H15BrN4O2. The molecule has 2 aromatic rings. The molecule has 0 fully saturated rings. The molecule has 0 aromatic carbocycles. The van der Waals surface area contributed by atoms with Crippen molar-refractivity contribution < 1.29 is 9.53 Å². The van der Waals surface area contributed by atoms with Gasteiger partial charge < -0.3 is 14.5 Å². The minimum Gasteiger partial charge on any atom is -0.467 e. The summed E-state index contributed by atoms with van der Waals surface area (Å²) in [6, 6.07) is -0.465. The maximum atomic E-state index is 11.8. The minimum absolute atomic E-state index is 0.0724. The molecule has 0 radical (unpaired) electrons. The number of rotatable bonds is 4. The second-order valence-corrected chi connectivity index (χ2v) is 5.27. The van der Waals surface area contributed by atoms with Crippen molar-refractivity contribution >= 4 is 33.4 Å². The zero-order chi connectivity index (χ0) is 14.0. The largest absolute Gasteiger partial charge is 0.467 e. The van der Waals surface area contributed by atoms with Gasteiger partial charge in [-0.15, -0.1) is 0 Å². The maximum Gasteiger partial charge on any atom is 0.328 e. The topological polar surface area (TPSA) is 68.5 Å². The van der Waals surface area contributed by atoms with Crippen molar-refractivity contribution in [1.29, 1.82) is 0 Å². The molecule has 1 atom stereocenters. The van der Waals surface area contributed by atoms with Crippen LogP contribution in [0.3, 0.4) is 0 Å². The molecule has 7 heteroatoms. The first-order valence-electron chi connectivity index (χ1n) is 5.86. The number of hydrogen-bond acceptors (Lipinski definition) is 5. The van der Waals surface area contributed by atoms with Crippen molar-refractivity contribution in [3.8, 4) is 0 Å². The Labute approximate surface area is 119 Å². The summed E-state index contributed by atoms with van der Waals surface area (Å²) < 4.78 is 7.29. The molecule has 0 amide bonds. The summed E-state index contributed by atoms with van der Waals surface area (Å²) in [5.74, 6) is 0.299. The lowest BCUT2D eigenvalue weighted by molar-refractivity contribution is -0.142.